The monoisotopic (exact) mass is 671 g/mol. The smallest absolute Gasteiger partial charge is 0.313 e. The number of esters is 1. The van der Waals surface area contributed by atoms with Crippen molar-refractivity contribution in [2.75, 3.05) is 31.1 Å². The van der Waals surface area contributed by atoms with E-state index in [1.54, 1.807) is 16.7 Å². The molecule has 11 heteroatoms. The van der Waals surface area contributed by atoms with Crippen LogP contribution in [0.15, 0.2) is 40.9 Å². The lowest BCUT2D eigenvalue weighted by molar-refractivity contribution is -0.158. The minimum atomic E-state index is -1.35. The maximum atomic E-state index is 14.9. The van der Waals surface area contributed by atoms with Gasteiger partial charge in [0.2, 0.25) is 11.8 Å². The first-order valence-electron chi connectivity index (χ1n) is 15.6. The number of carbonyl (C=O) groups is 4. The SMILES string of the molecule is Cc1ccc(C)c(N2C/C=C\CCC(=O)NC[C@@H](C)OC(=O)[C@@H]3[C@H]4O[C@@]5(C=C4Br)[C@H](C2=O)N(CCCCCCO)C(=O)[C@@H]35)c1. The van der Waals surface area contributed by atoms with E-state index in [0.717, 1.165) is 29.7 Å². The summed E-state index contributed by atoms with van der Waals surface area (Å²) in [6.45, 7) is 6.41. The average Bonchev–Trinajstić information content (AvgIpc) is 3.57. The molecule has 2 N–H and O–H groups in total. The number of cyclic esters (lactones) is 1. The Balaban J connectivity index is 1.60. The van der Waals surface area contributed by atoms with Gasteiger partial charge < -0.3 is 29.7 Å². The minimum Gasteiger partial charge on any atom is -0.460 e. The number of hydrogen-bond acceptors (Lipinski definition) is 7. The molecule has 3 amide bonds. The molecule has 0 saturated carbocycles. The average molecular weight is 673 g/mol. The Kier molecular flexibility index (Phi) is 9.96. The fraction of sp³-hybridized carbons (Fsp3) is 0.576. The van der Waals surface area contributed by atoms with Crippen molar-refractivity contribution in [3.63, 3.8) is 0 Å². The van der Waals surface area contributed by atoms with E-state index < -0.39 is 41.7 Å². The molecule has 0 radical (unpaired) electrons. The summed E-state index contributed by atoms with van der Waals surface area (Å²) in [5, 5.41) is 12.0. The number of hydrogen-bond donors (Lipinski definition) is 2. The van der Waals surface area contributed by atoms with E-state index in [0.29, 0.717) is 30.3 Å². The minimum absolute atomic E-state index is 0.104. The zero-order chi connectivity index (χ0) is 31.6. The van der Waals surface area contributed by atoms with Gasteiger partial charge in [-0.25, -0.2) is 0 Å². The molecule has 4 aliphatic heterocycles. The van der Waals surface area contributed by atoms with Gasteiger partial charge in [0.1, 0.15) is 29.8 Å². The highest BCUT2D eigenvalue weighted by Gasteiger charge is 2.74. The Hall–Kier alpha value is -3.02. The summed E-state index contributed by atoms with van der Waals surface area (Å²) in [5.41, 5.74) is 1.27. The van der Waals surface area contributed by atoms with E-state index in [1.165, 1.54) is 0 Å². The molecule has 0 aromatic heterocycles. The molecule has 6 atom stereocenters. The summed E-state index contributed by atoms with van der Waals surface area (Å²) in [5.74, 6) is -3.22. The van der Waals surface area contributed by atoms with Crippen molar-refractivity contribution >= 4 is 45.3 Å². The van der Waals surface area contributed by atoms with Gasteiger partial charge in [-0.2, -0.15) is 0 Å². The van der Waals surface area contributed by atoms with E-state index in [2.05, 4.69) is 21.2 Å². The van der Waals surface area contributed by atoms with Crippen LogP contribution in [0.4, 0.5) is 5.69 Å². The first kappa shape index (κ1) is 32.4. The van der Waals surface area contributed by atoms with E-state index in [-0.39, 0.29) is 43.8 Å². The second-order valence-electron chi connectivity index (χ2n) is 12.3. The summed E-state index contributed by atoms with van der Waals surface area (Å²) in [6, 6.07) is 4.92. The van der Waals surface area contributed by atoms with Crippen LogP contribution in [-0.4, -0.2) is 83.8 Å². The Morgan fingerprint density at radius 1 is 1.07 bits per heavy atom. The van der Waals surface area contributed by atoms with Gasteiger partial charge >= 0.3 is 5.97 Å². The van der Waals surface area contributed by atoms with Gasteiger partial charge in [0.15, 0.2) is 0 Å². The van der Waals surface area contributed by atoms with Gasteiger partial charge in [-0.05, 0) is 63.3 Å². The van der Waals surface area contributed by atoms with E-state index >= 15 is 0 Å². The molecule has 1 aromatic carbocycles. The topological polar surface area (TPSA) is 125 Å². The number of aliphatic hydroxyl groups is 1. The first-order valence-corrected chi connectivity index (χ1v) is 16.4. The van der Waals surface area contributed by atoms with Gasteiger partial charge in [-0.1, -0.05) is 53.1 Å². The summed E-state index contributed by atoms with van der Waals surface area (Å²) in [7, 11) is 0. The second kappa shape index (κ2) is 13.5. The van der Waals surface area contributed by atoms with Gasteiger partial charge in [0, 0.05) is 36.3 Å². The number of nitrogens with zero attached hydrogens (tertiary/aromatic N) is 2. The standard InChI is InChI=1S/C33H42BrN3O7/c1-20-12-13-21(2)24(17-20)36-14-9-6-7-11-25(39)35-19-22(3)43-32(42)26-27-30(40)37(15-8-4-5-10-16-38)29(31(36)41)33(27)18-23(34)28(26)44-33/h6,9,12-13,17-18,22,26-29,38H,4-5,7-8,10-11,14-16,19H2,1-3H3,(H,35,39)/b9-6-/t22-,26+,27-,28+,29+,33-/m1/s1. The number of rotatable bonds is 7. The van der Waals surface area contributed by atoms with Gasteiger partial charge in [0.05, 0.1) is 12.5 Å². The molecular weight excluding hydrogens is 630 g/mol. The Labute approximate surface area is 266 Å². The number of nitrogens with one attached hydrogen (secondary N) is 1. The van der Waals surface area contributed by atoms with Crippen LogP contribution >= 0.6 is 15.9 Å². The van der Waals surface area contributed by atoms with Crippen LogP contribution in [0, 0.1) is 25.7 Å². The van der Waals surface area contributed by atoms with Crippen molar-refractivity contribution in [1.82, 2.24) is 10.2 Å². The number of benzene rings is 1. The molecular formula is C33H42BrN3O7. The molecule has 0 aliphatic carbocycles. The number of fused-ring (bicyclic) bond motifs is 2. The van der Waals surface area contributed by atoms with Crippen molar-refractivity contribution in [3.8, 4) is 0 Å². The lowest BCUT2D eigenvalue weighted by Gasteiger charge is -2.36. The fourth-order valence-corrected chi connectivity index (χ4v) is 7.63. The van der Waals surface area contributed by atoms with Crippen molar-refractivity contribution < 1.29 is 33.8 Å². The van der Waals surface area contributed by atoms with Crippen LogP contribution < -0.4 is 10.2 Å². The Morgan fingerprint density at radius 2 is 1.84 bits per heavy atom. The number of ether oxygens (including phenoxy) is 2. The van der Waals surface area contributed by atoms with Crippen LogP contribution in [0.5, 0.6) is 0 Å². The number of unbranched alkanes of at least 4 members (excludes halogenated alkanes) is 3. The van der Waals surface area contributed by atoms with Crippen molar-refractivity contribution in [3.05, 3.63) is 52.0 Å². The molecule has 44 heavy (non-hydrogen) atoms. The number of halogens is 1. The van der Waals surface area contributed by atoms with Gasteiger partial charge in [-0.15, -0.1) is 0 Å². The molecule has 1 aromatic rings. The van der Waals surface area contributed by atoms with Crippen LogP contribution in [0.2, 0.25) is 0 Å². The highest BCUT2D eigenvalue weighted by Crippen LogP contribution is 2.59. The summed E-state index contributed by atoms with van der Waals surface area (Å²) in [6.07, 6.45) is 7.84. The molecule has 238 valence electrons. The molecule has 5 rings (SSSR count). The number of allylic oxidation sites excluding steroid dienone is 1. The lowest BCUT2D eigenvalue weighted by Crippen LogP contribution is -2.56. The third-order valence-electron chi connectivity index (χ3n) is 9.06. The number of likely N-dealkylation sites (tertiary alicyclic amines) is 1. The number of aryl methyl sites for hydroxylation is 2. The Bertz CT molecular complexity index is 1360. The number of aliphatic hydroxyl groups excluding tert-OH is 1. The summed E-state index contributed by atoms with van der Waals surface area (Å²) >= 11 is 3.58. The van der Waals surface area contributed by atoms with Crippen molar-refractivity contribution in [2.24, 2.45) is 11.8 Å². The Morgan fingerprint density at radius 3 is 2.61 bits per heavy atom. The molecule has 4 heterocycles. The van der Waals surface area contributed by atoms with Crippen molar-refractivity contribution in [2.45, 2.75) is 83.1 Å². The van der Waals surface area contributed by atoms with Crippen LogP contribution in [0.25, 0.3) is 0 Å². The van der Waals surface area contributed by atoms with Crippen LogP contribution in [0.3, 0.4) is 0 Å². The summed E-state index contributed by atoms with van der Waals surface area (Å²) in [4.78, 5) is 58.7. The molecule has 2 fully saturated rings. The molecule has 1 spiro atoms. The molecule has 0 unspecified atom stereocenters. The highest BCUT2D eigenvalue weighted by molar-refractivity contribution is 9.11. The lowest BCUT2D eigenvalue weighted by atomic mass is 9.74. The van der Waals surface area contributed by atoms with Gasteiger partial charge in [0.25, 0.3) is 5.91 Å². The number of amides is 3. The zero-order valence-corrected chi connectivity index (χ0v) is 27.2. The van der Waals surface area contributed by atoms with E-state index in [4.69, 9.17) is 9.47 Å². The zero-order valence-electron chi connectivity index (χ0n) is 25.6. The van der Waals surface area contributed by atoms with E-state index in [1.807, 2.05) is 50.3 Å². The normalized spacial score (nSPS) is 31.6. The predicted octanol–water partition coefficient (Wildman–Crippen LogP) is 3.46. The highest BCUT2D eigenvalue weighted by atomic mass is 79.9. The largest absolute Gasteiger partial charge is 0.460 e. The second-order valence-corrected chi connectivity index (χ2v) is 13.2. The van der Waals surface area contributed by atoms with Crippen molar-refractivity contribution in [1.29, 1.82) is 0 Å². The maximum absolute atomic E-state index is 14.9. The summed E-state index contributed by atoms with van der Waals surface area (Å²) < 4.78 is 13.0. The molecule has 4 aliphatic rings. The van der Waals surface area contributed by atoms with E-state index in [9.17, 15) is 24.3 Å². The molecule has 10 nitrogen and oxygen atoms in total. The first-order chi connectivity index (χ1) is 21.1. The maximum Gasteiger partial charge on any atom is 0.313 e. The predicted molar refractivity (Wildman–Crippen MR) is 168 cm³/mol. The van der Waals surface area contributed by atoms with Crippen LogP contribution in [0.1, 0.15) is 56.6 Å². The third kappa shape index (κ3) is 6.10. The van der Waals surface area contributed by atoms with Gasteiger partial charge in [-0.3, -0.25) is 19.2 Å². The van der Waals surface area contributed by atoms with Crippen LogP contribution in [-0.2, 0) is 28.7 Å². The molecule has 5 bridgehead atoms. The number of anilines is 1. The molecule has 2 saturated heterocycles. The number of carbonyl (C=O) groups excluding carboxylic acids is 4. The third-order valence-corrected chi connectivity index (χ3v) is 9.74. The quantitative estimate of drug-likeness (QED) is 0.258. The fourth-order valence-electron chi connectivity index (χ4n) is 6.90.